The summed E-state index contributed by atoms with van der Waals surface area (Å²) in [6, 6.07) is 13.1. The topological polar surface area (TPSA) is 27.8 Å². The maximum atomic E-state index is 13.4. The third-order valence-corrected chi connectivity index (χ3v) is 4.34. The second-order valence-corrected chi connectivity index (χ2v) is 5.67. The fourth-order valence-corrected chi connectivity index (χ4v) is 3.26. The molecule has 0 atom stereocenters. The number of nitrogens with one attached hydrogen (secondary N) is 2. The molecule has 1 aromatic heterocycles. The molecule has 0 radical (unpaired) electrons. The molecule has 102 valence electrons. The van der Waals surface area contributed by atoms with Gasteiger partial charge >= 0.3 is 0 Å². The van der Waals surface area contributed by atoms with Crippen LogP contribution in [0.2, 0.25) is 0 Å². The largest absolute Gasteiger partial charge is 0.360 e. The molecule has 0 fully saturated rings. The number of fused-ring (bicyclic) bond motifs is 1. The van der Waals surface area contributed by atoms with Crippen LogP contribution >= 0.6 is 11.8 Å². The summed E-state index contributed by atoms with van der Waals surface area (Å²) in [5, 5.41) is 4.09. The van der Waals surface area contributed by atoms with Gasteiger partial charge in [-0.2, -0.15) is 0 Å². The lowest BCUT2D eigenvalue weighted by molar-refractivity contribution is 0.629. The van der Waals surface area contributed by atoms with Gasteiger partial charge in [0.15, 0.2) is 0 Å². The number of H-pyrrole nitrogens is 1. The van der Waals surface area contributed by atoms with Crippen LogP contribution in [-0.4, -0.2) is 12.0 Å². The number of aromatic nitrogens is 1. The van der Waals surface area contributed by atoms with Gasteiger partial charge in [-0.3, -0.25) is 0 Å². The smallest absolute Gasteiger partial charge is 0.123 e. The van der Waals surface area contributed by atoms with Gasteiger partial charge in [-0.15, -0.1) is 0 Å². The number of hydrogen-bond donors (Lipinski definition) is 2. The van der Waals surface area contributed by atoms with Gasteiger partial charge in [0.25, 0.3) is 0 Å². The molecule has 0 unspecified atom stereocenters. The predicted molar refractivity (Wildman–Crippen MR) is 81.6 cm³/mol. The van der Waals surface area contributed by atoms with Crippen molar-refractivity contribution in [2.45, 2.75) is 16.3 Å². The van der Waals surface area contributed by atoms with Crippen molar-refractivity contribution in [3.05, 3.63) is 60.0 Å². The van der Waals surface area contributed by atoms with Gasteiger partial charge in [0, 0.05) is 33.4 Å². The molecule has 3 aromatic rings. The number of rotatable bonds is 4. The summed E-state index contributed by atoms with van der Waals surface area (Å²) in [7, 11) is 1.93. The van der Waals surface area contributed by atoms with E-state index in [0.29, 0.717) is 0 Å². The van der Waals surface area contributed by atoms with E-state index in [4.69, 9.17) is 0 Å². The molecule has 4 heteroatoms. The van der Waals surface area contributed by atoms with Crippen LogP contribution in [0, 0.1) is 5.82 Å². The number of halogens is 1. The third-order valence-electron chi connectivity index (χ3n) is 3.17. The van der Waals surface area contributed by atoms with Crippen molar-refractivity contribution >= 4 is 22.7 Å². The highest BCUT2D eigenvalue weighted by atomic mass is 32.2. The van der Waals surface area contributed by atoms with Gasteiger partial charge < -0.3 is 10.3 Å². The Morgan fingerprint density at radius 1 is 1.15 bits per heavy atom. The molecule has 3 rings (SSSR count). The Bertz CT molecular complexity index is 736. The molecule has 20 heavy (non-hydrogen) atoms. The number of benzene rings is 2. The van der Waals surface area contributed by atoms with E-state index in [1.54, 1.807) is 23.9 Å². The van der Waals surface area contributed by atoms with Crippen molar-refractivity contribution in [2.24, 2.45) is 0 Å². The first-order valence-corrected chi connectivity index (χ1v) is 7.26. The summed E-state index contributed by atoms with van der Waals surface area (Å²) in [4.78, 5) is 5.42. The third kappa shape index (κ3) is 2.57. The molecule has 2 nitrogen and oxygen atoms in total. The van der Waals surface area contributed by atoms with Gasteiger partial charge in [0.2, 0.25) is 0 Å². The molecule has 0 saturated carbocycles. The first-order valence-electron chi connectivity index (χ1n) is 6.45. The Hall–Kier alpha value is -1.78. The normalized spacial score (nSPS) is 11.1. The second-order valence-electron chi connectivity index (χ2n) is 4.58. The summed E-state index contributed by atoms with van der Waals surface area (Å²) < 4.78 is 13.4. The Kier molecular flexibility index (Phi) is 3.76. The molecular formula is C16H15FN2S. The average molecular weight is 286 g/mol. The van der Waals surface area contributed by atoms with Crippen molar-refractivity contribution < 1.29 is 4.39 Å². The van der Waals surface area contributed by atoms with Gasteiger partial charge in [-0.1, -0.05) is 30.0 Å². The minimum Gasteiger partial charge on any atom is -0.360 e. The molecule has 1 heterocycles. The summed E-state index contributed by atoms with van der Waals surface area (Å²) in [5.41, 5.74) is 2.20. The summed E-state index contributed by atoms with van der Waals surface area (Å²) in [5.74, 6) is -0.206. The highest BCUT2D eigenvalue weighted by Gasteiger charge is 2.09. The summed E-state index contributed by atoms with van der Waals surface area (Å²) in [6.45, 7) is 0.819. The molecule has 2 N–H and O–H groups in total. The minimum absolute atomic E-state index is 0.206. The Morgan fingerprint density at radius 3 is 2.85 bits per heavy atom. The van der Waals surface area contributed by atoms with E-state index in [9.17, 15) is 4.39 Å². The Balaban J connectivity index is 1.99. The molecule has 0 amide bonds. The fraction of sp³-hybridized carbons (Fsp3) is 0.125. The molecule has 0 aliphatic carbocycles. The quantitative estimate of drug-likeness (QED) is 0.753. The van der Waals surface area contributed by atoms with E-state index in [-0.39, 0.29) is 5.82 Å². The van der Waals surface area contributed by atoms with Gasteiger partial charge in [-0.25, -0.2) is 4.39 Å². The monoisotopic (exact) mass is 286 g/mol. The molecule has 2 aromatic carbocycles. The zero-order chi connectivity index (χ0) is 13.9. The van der Waals surface area contributed by atoms with E-state index < -0.39 is 0 Å². The second kappa shape index (κ2) is 5.69. The van der Waals surface area contributed by atoms with Crippen LogP contribution in [0.25, 0.3) is 10.9 Å². The lowest BCUT2D eigenvalue weighted by atomic mass is 10.2. The molecule has 0 aliphatic heterocycles. The zero-order valence-corrected chi connectivity index (χ0v) is 11.9. The van der Waals surface area contributed by atoms with Crippen LogP contribution in [0.15, 0.2) is 58.5 Å². The highest BCUT2D eigenvalue weighted by molar-refractivity contribution is 7.99. The predicted octanol–water partition coefficient (Wildman–Crippen LogP) is 4.18. The summed E-state index contributed by atoms with van der Waals surface area (Å²) in [6.07, 6.45) is 1.94. The first kappa shape index (κ1) is 13.2. The van der Waals surface area contributed by atoms with Crippen LogP contribution in [0.5, 0.6) is 0 Å². The average Bonchev–Trinajstić information content (AvgIpc) is 2.84. The lowest BCUT2D eigenvalue weighted by Gasteiger charge is -2.07. The maximum absolute atomic E-state index is 13.4. The Morgan fingerprint density at radius 2 is 2.00 bits per heavy atom. The van der Waals surface area contributed by atoms with Crippen LogP contribution < -0.4 is 5.32 Å². The lowest BCUT2D eigenvalue weighted by Crippen LogP contribution is -2.05. The number of aromatic amines is 1. The van der Waals surface area contributed by atoms with Crippen molar-refractivity contribution in [1.82, 2.24) is 10.3 Å². The van der Waals surface area contributed by atoms with E-state index in [1.807, 2.05) is 25.4 Å². The first-order chi connectivity index (χ1) is 9.78. The molecule has 0 spiro atoms. The van der Waals surface area contributed by atoms with E-state index in [0.717, 1.165) is 22.3 Å². The molecule has 0 aliphatic rings. The van der Waals surface area contributed by atoms with Crippen molar-refractivity contribution in [1.29, 1.82) is 0 Å². The van der Waals surface area contributed by atoms with Crippen LogP contribution in [0.4, 0.5) is 4.39 Å². The molecule has 0 bridgehead atoms. The van der Waals surface area contributed by atoms with Gasteiger partial charge in [-0.05, 0) is 36.9 Å². The van der Waals surface area contributed by atoms with Crippen molar-refractivity contribution in [2.75, 3.05) is 7.05 Å². The Labute approximate surface area is 121 Å². The molecule has 0 saturated heterocycles. The van der Waals surface area contributed by atoms with Crippen LogP contribution in [0.3, 0.4) is 0 Å². The van der Waals surface area contributed by atoms with E-state index >= 15 is 0 Å². The van der Waals surface area contributed by atoms with E-state index in [1.165, 1.54) is 16.5 Å². The van der Waals surface area contributed by atoms with Gasteiger partial charge in [0.1, 0.15) is 5.82 Å². The zero-order valence-electron chi connectivity index (χ0n) is 11.1. The highest BCUT2D eigenvalue weighted by Crippen LogP contribution is 2.35. The SMILES string of the molecule is CNCc1ccccc1Sc1c[nH]c2ccc(F)cc12. The van der Waals surface area contributed by atoms with Gasteiger partial charge in [0.05, 0.1) is 0 Å². The van der Waals surface area contributed by atoms with E-state index in [2.05, 4.69) is 22.4 Å². The van der Waals surface area contributed by atoms with Crippen molar-refractivity contribution in [3.63, 3.8) is 0 Å². The standard InChI is InChI=1S/C16H15FN2S/c1-18-9-11-4-2-3-5-15(11)20-16-10-19-14-7-6-12(17)8-13(14)16/h2-8,10,18-19H,9H2,1H3. The van der Waals surface area contributed by atoms with Crippen LogP contribution in [-0.2, 0) is 6.54 Å². The van der Waals surface area contributed by atoms with Crippen molar-refractivity contribution in [3.8, 4) is 0 Å². The fourth-order valence-electron chi connectivity index (χ4n) is 2.21. The maximum Gasteiger partial charge on any atom is 0.123 e. The molecular weight excluding hydrogens is 271 g/mol. The number of hydrogen-bond acceptors (Lipinski definition) is 2. The van der Waals surface area contributed by atoms with Crippen LogP contribution in [0.1, 0.15) is 5.56 Å². The summed E-state index contributed by atoms with van der Waals surface area (Å²) >= 11 is 1.66. The minimum atomic E-state index is -0.206.